The molecular formula is C23H36N2O2. The van der Waals surface area contributed by atoms with Gasteiger partial charge in [0.2, 0.25) is 0 Å². The number of nitrogens with one attached hydrogen (secondary N) is 1. The molecule has 0 heterocycles. The molecule has 0 aromatic carbocycles. The van der Waals surface area contributed by atoms with E-state index in [0.717, 1.165) is 51.0 Å². The lowest BCUT2D eigenvalue weighted by molar-refractivity contribution is -0.134. The van der Waals surface area contributed by atoms with E-state index in [4.69, 9.17) is 4.84 Å². The summed E-state index contributed by atoms with van der Waals surface area (Å²) in [5, 5.41) is 7.53. The fourth-order valence-electron chi connectivity index (χ4n) is 7.19. The quantitative estimate of drug-likeness (QED) is 0.453. The molecule has 0 bridgehead atoms. The zero-order valence-electron chi connectivity index (χ0n) is 17.4. The molecule has 4 heteroatoms. The monoisotopic (exact) mass is 372 g/mol. The van der Waals surface area contributed by atoms with E-state index in [1.165, 1.54) is 24.1 Å². The second-order valence-corrected chi connectivity index (χ2v) is 10.0. The van der Waals surface area contributed by atoms with E-state index in [0.29, 0.717) is 35.6 Å². The maximum Gasteiger partial charge on any atom is 0.139 e. The van der Waals surface area contributed by atoms with Crippen molar-refractivity contribution >= 4 is 11.5 Å². The standard InChI is InChI=1S/C23H36N2O2/c1-15-13-17-18-5-6-21(26)23(18,3)10-8-19(17)22(2)9-7-16(14-20(15)22)25-27-12-11-24-4/h17-20,24H,1,5-14H2,2-4H3/t17-,18-,19-,20+,22+,23-/m0/s1. The summed E-state index contributed by atoms with van der Waals surface area (Å²) < 4.78 is 0. The summed E-state index contributed by atoms with van der Waals surface area (Å²) in [6, 6.07) is 0. The van der Waals surface area contributed by atoms with Gasteiger partial charge in [0.1, 0.15) is 12.4 Å². The fraction of sp³-hybridized carbons (Fsp3) is 0.826. The Labute approximate surface area is 164 Å². The van der Waals surface area contributed by atoms with Crippen LogP contribution in [0.4, 0.5) is 0 Å². The first-order chi connectivity index (χ1) is 12.9. The molecule has 4 aliphatic carbocycles. The van der Waals surface area contributed by atoms with Gasteiger partial charge in [-0.25, -0.2) is 0 Å². The zero-order valence-corrected chi connectivity index (χ0v) is 17.4. The van der Waals surface area contributed by atoms with Crippen molar-refractivity contribution in [2.24, 2.45) is 39.7 Å². The molecule has 0 saturated heterocycles. The second kappa shape index (κ2) is 7.02. The Balaban J connectivity index is 1.52. The first-order valence-corrected chi connectivity index (χ1v) is 10.9. The van der Waals surface area contributed by atoms with Gasteiger partial charge in [0.15, 0.2) is 0 Å². The maximum absolute atomic E-state index is 12.6. The van der Waals surface area contributed by atoms with Crippen molar-refractivity contribution in [3.8, 4) is 0 Å². The van der Waals surface area contributed by atoms with Gasteiger partial charge >= 0.3 is 0 Å². The Morgan fingerprint density at radius 2 is 2.00 bits per heavy atom. The van der Waals surface area contributed by atoms with Crippen LogP contribution in [0, 0.1) is 34.5 Å². The topological polar surface area (TPSA) is 50.7 Å². The number of Topliss-reactive ketones (excluding diaryl/α,β-unsaturated/α-hetero) is 1. The minimum absolute atomic E-state index is 0.0485. The largest absolute Gasteiger partial charge is 0.394 e. The molecule has 0 aromatic heterocycles. The second-order valence-electron chi connectivity index (χ2n) is 10.0. The van der Waals surface area contributed by atoms with Crippen molar-refractivity contribution < 1.29 is 9.63 Å². The van der Waals surface area contributed by atoms with Crippen LogP contribution < -0.4 is 5.32 Å². The van der Waals surface area contributed by atoms with Gasteiger partial charge in [-0.2, -0.15) is 0 Å². The molecule has 4 rings (SSSR count). The van der Waals surface area contributed by atoms with Crippen molar-refractivity contribution in [3.05, 3.63) is 12.2 Å². The lowest BCUT2D eigenvalue weighted by Gasteiger charge is -2.60. The van der Waals surface area contributed by atoms with E-state index >= 15 is 0 Å². The Morgan fingerprint density at radius 3 is 2.78 bits per heavy atom. The molecule has 0 unspecified atom stereocenters. The number of oxime groups is 1. The predicted octanol–water partition coefficient (Wildman–Crippen LogP) is 4.36. The van der Waals surface area contributed by atoms with E-state index in [-0.39, 0.29) is 5.41 Å². The van der Waals surface area contributed by atoms with Crippen LogP contribution in [0.2, 0.25) is 0 Å². The van der Waals surface area contributed by atoms with Gasteiger partial charge in [-0.05, 0) is 81.1 Å². The zero-order chi connectivity index (χ0) is 19.2. The molecule has 6 atom stereocenters. The third kappa shape index (κ3) is 2.99. The number of carbonyl (C=O) groups excluding carboxylic acids is 1. The van der Waals surface area contributed by atoms with Crippen LogP contribution in [0.1, 0.15) is 65.2 Å². The highest BCUT2D eigenvalue weighted by Gasteiger charge is 2.60. The molecular weight excluding hydrogens is 336 g/mol. The van der Waals surface area contributed by atoms with E-state index in [9.17, 15) is 4.79 Å². The maximum atomic E-state index is 12.6. The normalized spacial score (nSPS) is 45.4. The van der Waals surface area contributed by atoms with Crippen molar-refractivity contribution in [1.29, 1.82) is 0 Å². The first kappa shape index (κ1) is 19.2. The summed E-state index contributed by atoms with van der Waals surface area (Å²) in [4.78, 5) is 18.1. The Morgan fingerprint density at radius 1 is 1.19 bits per heavy atom. The fourth-order valence-corrected chi connectivity index (χ4v) is 7.19. The average molecular weight is 373 g/mol. The van der Waals surface area contributed by atoms with Gasteiger partial charge in [-0.3, -0.25) is 4.79 Å². The van der Waals surface area contributed by atoms with Gasteiger partial charge in [0.25, 0.3) is 0 Å². The van der Waals surface area contributed by atoms with Crippen molar-refractivity contribution in [2.45, 2.75) is 65.2 Å². The van der Waals surface area contributed by atoms with Crippen LogP contribution in [-0.4, -0.2) is 31.7 Å². The number of carbonyl (C=O) groups is 1. The SMILES string of the molecule is C=C1C[C@@H]2[C@H](CC[C@]3(C)C(=O)CC[C@@H]23)[C@@]2(C)CCC(=NOCCNC)C[C@H]12. The van der Waals surface area contributed by atoms with Gasteiger partial charge in [-0.15, -0.1) is 0 Å². The molecule has 0 aromatic rings. The highest BCUT2D eigenvalue weighted by molar-refractivity contribution is 5.87. The smallest absolute Gasteiger partial charge is 0.139 e. The summed E-state index contributed by atoms with van der Waals surface area (Å²) in [6.07, 6.45) is 8.59. The van der Waals surface area contributed by atoms with Gasteiger partial charge in [0.05, 0.1) is 5.71 Å². The highest BCUT2D eigenvalue weighted by Crippen LogP contribution is 2.66. The van der Waals surface area contributed by atoms with Crippen LogP contribution in [0.3, 0.4) is 0 Å². The van der Waals surface area contributed by atoms with Crippen LogP contribution in [-0.2, 0) is 9.63 Å². The van der Waals surface area contributed by atoms with Crippen molar-refractivity contribution in [2.75, 3.05) is 20.2 Å². The molecule has 1 N–H and O–H groups in total. The van der Waals surface area contributed by atoms with Gasteiger partial charge in [-0.1, -0.05) is 31.2 Å². The van der Waals surface area contributed by atoms with Crippen molar-refractivity contribution in [3.63, 3.8) is 0 Å². The number of likely N-dealkylation sites (N-methyl/N-ethyl adjacent to an activating group) is 1. The third-order valence-electron chi connectivity index (χ3n) is 8.81. The molecule has 150 valence electrons. The summed E-state index contributed by atoms with van der Waals surface area (Å²) in [7, 11) is 1.93. The number of hydrogen-bond acceptors (Lipinski definition) is 4. The lowest BCUT2D eigenvalue weighted by atomic mass is 9.44. The number of fused-ring (bicyclic) bond motifs is 5. The Bertz CT molecular complexity index is 657. The number of rotatable bonds is 4. The highest BCUT2D eigenvalue weighted by atomic mass is 16.6. The van der Waals surface area contributed by atoms with Crippen LogP contribution in [0.15, 0.2) is 17.3 Å². The summed E-state index contributed by atoms with van der Waals surface area (Å²) in [5.74, 6) is 3.04. The molecule has 0 aliphatic heterocycles. The van der Waals surface area contributed by atoms with Crippen LogP contribution in [0.25, 0.3) is 0 Å². The van der Waals surface area contributed by atoms with E-state index < -0.39 is 0 Å². The van der Waals surface area contributed by atoms with E-state index in [1.54, 1.807) is 0 Å². The van der Waals surface area contributed by atoms with Crippen LogP contribution >= 0.6 is 0 Å². The average Bonchev–Trinajstić information content (AvgIpc) is 2.95. The Kier molecular flexibility index (Phi) is 4.99. The molecule has 4 nitrogen and oxygen atoms in total. The molecule has 4 saturated carbocycles. The Hall–Kier alpha value is -1.16. The molecule has 4 fully saturated rings. The molecule has 0 spiro atoms. The predicted molar refractivity (Wildman–Crippen MR) is 109 cm³/mol. The molecule has 0 amide bonds. The number of ketones is 1. The number of allylic oxidation sites excluding steroid dienone is 1. The number of nitrogens with zero attached hydrogens (tertiary/aromatic N) is 1. The number of hydrogen-bond donors (Lipinski definition) is 1. The van der Waals surface area contributed by atoms with Gasteiger partial charge < -0.3 is 10.2 Å². The summed E-state index contributed by atoms with van der Waals surface area (Å²) >= 11 is 0. The first-order valence-electron chi connectivity index (χ1n) is 10.9. The summed E-state index contributed by atoms with van der Waals surface area (Å²) in [6.45, 7) is 10.8. The van der Waals surface area contributed by atoms with Crippen molar-refractivity contribution in [1.82, 2.24) is 5.32 Å². The van der Waals surface area contributed by atoms with Gasteiger partial charge in [0, 0.05) is 18.4 Å². The summed E-state index contributed by atoms with van der Waals surface area (Å²) in [5.41, 5.74) is 2.89. The van der Waals surface area contributed by atoms with Crippen LogP contribution in [0.5, 0.6) is 0 Å². The minimum Gasteiger partial charge on any atom is -0.394 e. The third-order valence-corrected chi connectivity index (χ3v) is 8.81. The lowest BCUT2D eigenvalue weighted by Crippen LogP contribution is -2.54. The van der Waals surface area contributed by atoms with E-state index in [2.05, 4.69) is 30.9 Å². The van der Waals surface area contributed by atoms with E-state index in [1.807, 2.05) is 7.05 Å². The molecule has 27 heavy (non-hydrogen) atoms. The minimum atomic E-state index is -0.0485. The molecule has 4 aliphatic rings. The molecule has 0 radical (unpaired) electrons.